The van der Waals surface area contributed by atoms with Crippen molar-refractivity contribution in [2.45, 2.75) is 105 Å². The van der Waals surface area contributed by atoms with Crippen LogP contribution in [-0.2, 0) is 9.47 Å². The largest absolute Gasteiger partial charge is 0.509 e. The minimum atomic E-state index is -0.429. The zero-order valence-electron chi connectivity index (χ0n) is 21.2. The minimum absolute atomic E-state index is 0.0601. The fraction of sp³-hybridized carbons (Fsp3) is 0.828. The average molecular weight is 441 g/mol. The summed E-state index contributed by atoms with van der Waals surface area (Å²) in [5, 5.41) is 0. The zero-order chi connectivity index (χ0) is 22.9. The molecule has 0 aromatic carbocycles. The normalized spacial score (nSPS) is 47.1. The fourth-order valence-corrected chi connectivity index (χ4v) is 8.68. The van der Waals surface area contributed by atoms with Crippen LogP contribution >= 0.6 is 0 Å². The first-order chi connectivity index (χ1) is 15.1. The number of carbonyl (C=O) groups excluding carboxylic acids is 1. The summed E-state index contributed by atoms with van der Waals surface area (Å²) >= 11 is 0. The van der Waals surface area contributed by atoms with Gasteiger partial charge in [0.05, 0.1) is 0 Å². The van der Waals surface area contributed by atoms with E-state index in [4.69, 9.17) is 9.47 Å². The van der Waals surface area contributed by atoms with Crippen molar-refractivity contribution in [3.8, 4) is 0 Å². The third kappa shape index (κ3) is 3.16. The van der Waals surface area contributed by atoms with Gasteiger partial charge in [0.25, 0.3) is 0 Å². The molecule has 178 valence electrons. The zero-order valence-corrected chi connectivity index (χ0v) is 21.2. The molecule has 4 aliphatic carbocycles. The van der Waals surface area contributed by atoms with E-state index in [1.807, 2.05) is 0 Å². The van der Waals surface area contributed by atoms with E-state index in [-0.39, 0.29) is 17.1 Å². The minimum Gasteiger partial charge on any atom is -0.431 e. The maximum Gasteiger partial charge on any atom is 0.509 e. The van der Waals surface area contributed by atoms with E-state index in [9.17, 15) is 4.79 Å². The summed E-state index contributed by atoms with van der Waals surface area (Å²) in [5.41, 5.74) is 1.85. The molecule has 3 heteroatoms. The topological polar surface area (TPSA) is 35.5 Å². The van der Waals surface area contributed by atoms with Crippen LogP contribution in [0.4, 0.5) is 4.79 Å². The molecule has 1 heterocycles. The van der Waals surface area contributed by atoms with Crippen LogP contribution in [0.2, 0.25) is 0 Å². The van der Waals surface area contributed by atoms with Crippen LogP contribution in [0.3, 0.4) is 0 Å². The summed E-state index contributed by atoms with van der Waals surface area (Å²) in [7, 11) is 0. The summed E-state index contributed by atoms with van der Waals surface area (Å²) in [4.78, 5) is 12.3. The van der Waals surface area contributed by atoms with Crippen molar-refractivity contribution in [2.75, 3.05) is 0 Å². The third-order valence-electron chi connectivity index (χ3n) is 11.2. The molecule has 9 atom stereocenters. The van der Waals surface area contributed by atoms with Crippen LogP contribution in [0, 0.1) is 46.3 Å². The van der Waals surface area contributed by atoms with Crippen molar-refractivity contribution >= 4 is 6.16 Å². The van der Waals surface area contributed by atoms with Gasteiger partial charge >= 0.3 is 6.16 Å². The van der Waals surface area contributed by atoms with E-state index in [2.05, 4.69) is 59.8 Å². The first-order valence-corrected chi connectivity index (χ1v) is 13.4. The maximum absolute atomic E-state index is 12.3. The molecule has 0 unspecified atom stereocenters. The Hall–Kier alpha value is -1.25. The molecular formula is C29H44O3. The molecule has 0 amide bonds. The van der Waals surface area contributed by atoms with Crippen LogP contribution in [0.5, 0.6) is 0 Å². The second-order valence-electron chi connectivity index (χ2n) is 12.8. The molecule has 0 aromatic rings. The highest BCUT2D eigenvalue weighted by atomic mass is 16.7. The van der Waals surface area contributed by atoms with Gasteiger partial charge in [0.1, 0.15) is 11.7 Å². The predicted octanol–water partition coefficient (Wildman–Crippen LogP) is 7.71. The number of allylic oxidation sites excluding steroid dienone is 3. The summed E-state index contributed by atoms with van der Waals surface area (Å²) in [6.45, 7) is 14.5. The smallest absolute Gasteiger partial charge is 0.431 e. The highest BCUT2D eigenvalue weighted by molar-refractivity contribution is 5.62. The quantitative estimate of drug-likeness (QED) is 0.332. The molecule has 0 N–H and O–H groups in total. The Labute approximate surface area is 195 Å². The molecular weight excluding hydrogens is 396 g/mol. The highest BCUT2D eigenvalue weighted by Crippen LogP contribution is 2.68. The van der Waals surface area contributed by atoms with Gasteiger partial charge in [-0.05, 0) is 79.4 Å². The lowest BCUT2D eigenvalue weighted by Gasteiger charge is -2.63. The van der Waals surface area contributed by atoms with Gasteiger partial charge < -0.3 is 9.47 Å². The number of fused-ring (bicyclic) bond motifs is 5. The van der Waals surface area contributed by atoms with Crippen molar-refractivity contribution in [1.82, 2.24) is 0 Å². The molecule has 5 aliphatic rings. The Balaban J connectivity index is 1.41. The van der Waals surface area contributed by atoms with E-state index in [1.54, 1.807) is 5.57 Å². The van der Waals surface area contributed by atoms with Gasteiger partial charge in [0.2, 0.25) is 0 Å². The average Bonchev–Trinajstić information content (AvgIpc) is 3.09. The molecule has 1 saturated heterocycles. The van der Waals surface area contributed by atoms with Crippen molar-refractivity contribution in [3.05, 3.63) is 23.8 Å². The van der Waals surface area contributed by atoms with Gasteiger partial charge in [0, 0.05) is 18.3 Å². The van der Waals surface area contributed by atoms with Gasteiger partial charge in [0.15, 0.2) is 0 Å². The Morgan fingerprint density at radius 3 is 2.53 bits per heavy atom. The standard InChI is InChI=1S/C29H44O3/c1-18(2)19(3)7-8-20(4)23-9-10-24-22-12-16-29-17-21(31-26(30)32-29)11-15-28(29,6)25(22)13-14-27(23,24)5/h7-8,12,18-21,23-25H,9-11,13-17H2,1-6H3/b8-7+/t19-,20+,21+,23-,24+,25-,27-,28+,29+/m0/s1. The second-order valence-corrected chi connectivity index (χ2v) is 12.8. The summed E-state index contributed by atoms with van der Waals surface area (Å²) in [6, 6.07) is 0. The predicted molar refractivity (Wildman–Crippen MR) is 128 cm³/mol. The molecule has 3 saturated carbocycles. The van der Waals surface area contributed by atoms with Crippen molar-refractivity contribution in [3.63, 3.8) is 0 Å². The van der Waals surface area contributed by atoms with E-state index < -0.39 is 6.16 Å². The Bertz CT molecular complexity index is 826. The van der Waals surface area contributed by atoms with Gasteiger partial charge in [-0.25, -0.2) is 4.79 Å². The lowest BCUT2D eigenvalue weighted by Crippen LogP contribution is -2.64. The Kier molecular flexibility index (Phi) is 5.38. The van der Waals surface area contributed by atoms with Crippen LogP contribution in [0.15, 0.2) is 23.8 Å². The van der Waals surface area contributed by atoms with Crippen LogP contribution in [-0.4, -0.2) is 17.9 Å². The van der Waals surface area contributed by atoms with Crippen LogP contribution < -0.4 is 0 Å². The highest BCUT2D eigenvalue weighted by Gasteiger charge is 2.66. The van der Waals surface area contributed by atoms with E-state index in [0.717, 1.165) is 31.6 Å². The molecule has 1 spiro atoms. The molecule has 5 rings (SSSR count). The van der Waals surface area contributed by atoms with Gasteiger partial charge in [-0.1, -0.05) is 65.3 Å². The molecule has 0 radical (unpaired) electrons. The van der Waals surface area contributed by atoms with E-state index >= 15 is 0 Å². The SMILES string of the molecule is CC(C)[C@@H](C)/C=C/[C@@H](C)[C@@H]1CC[C@@H]2C3=CC[C@@]45C[C@@H](CC[C@]4(C)[C@H]3CC[C@]21C)OC(=O)O5. The molecule has 32 heavy (non-hydrogen) atoms. The fourth-order valence-electron chi connectivity index (χ4n) is 8.68. The Morgan fingerprint density at radius 1 is 1.00 bits per heavy atom. The first-order valence-electron chi connectivity index (χ1n) is 13.4. The molecule has 3 nitrogen and oxygen atoms in total. The number of hydrogen-bond donors (Lipinski definition) is 0. The van der Waals surface area contributed by atoms with Crippen LogP contribution in [0.1, 0.15) is 92.9 Å². The van der Waals surface area contributed by atoms with E-state index in [1.165, 1.54) is 25.7 Å². The maximum atomic E-state index is 12.3. The van der Waals surface area contributed by atoms with Crippen molar-refractivity contribution in [1.29, 1.82) is 0 Å². The third-order valence-corrected chi connectivity index (χ3v) is 11.2. The molecule has 2 bridgehead atoms. The summed E-state index contributed by atoms with van der Waals surface area (Å²) in [5.74, 6) is 4.02. The van der Waals surface area contributed by atoms with Gasteiger partial charge in [-0.3, -0.25) is 0 Å². The number of ether oxygens (including phenoxy) is 2. The molecule has 0 aromatic heterocycles. The van der Waals surface area contributed by atoms with Gasteiger partial charge in [-0.15, -0.1) is 0 Å². The van der Waals surface area contributed by atoms with Gasteiger partial charge in [-0.2, -0.15) is 0 Å². The lowest BCUT2D eigenvalue weighted by atomic mass is 9.46. The van der Waals surface area contributed by atoms with Crippen molar-refractivity contribution in [2.24, 2.45) is 46.3 Å². The summed E-state index contributed by atoms with van der Waals surface area (Å²) in [6.07, 6.45) is 16.3. The Morgan fingerprint density at radius 2 is 1.78 bits per heavy atom. The monoisotopic (exact) mass is 440 g/mol. The molecule has 4 fully saturated rings. The molecule has 1 aliphatic heterocycles. The lowest BCUT2D eigenvalue weighted by molar-refractivity contribution is -0.217. The first kappa shape index (κ1) is 22.5. The number of rotatable bonds is 4. The summed E-state index contributed by atoms with van der Waals surface area (Å²) < 4.78 is 11.5. The number of hydrogen-bond acceptors (Lipinski definition) is 3. The van der Waals surface area contributed by atoms with E-state index in [0.29, 0.717) is 35.0 Å². The second kappa shape index (κ2) is 7.64. The van der Waals surface area contributed by atoms with Crippen LogP contribution in [0.25, 0.3) is 0 Å². The van der Waals surface area contributed by atoms with Crippen molar-refractivity contribution < 1.29 is 14.3 Å². The number of carbonyl (C=O) groups is 1.